The number of anilines is 1. The number of nitrogens with one attached hydrogen (secondary N) is 1. The van der Waals surface area contributed by atoms with Gasteiger partial charge in [0.05, 0.1) is 17.3 Å². The van der Waals surface area contributed by atoms with E-state index in [1.165, 1.54) is 4.68 Å². The van der Waals surface area contributed by atoms with Gasteiger partial charge in [-0.1, -0.05) is 22.9 Å². The lowest BCUT2D eigenvalue weighted by molar-refractivity contribution is 0.102. The number of aromatic nitrogens is 4. The summed E-state index contributed by atoms with van der Waals surface area (Å²) in [5, 5.41) is 20.9. The molecule has 0 bridgehead atoms. The van der Waals surface area contributed by atoms with Crippen LogP contribution in [0.15, 0.2) is 36.5 Å². The van der Waals surface area contributed by atoms with E-state index in [0.29, 0.717) is 34.3 Å². The second-order valence-electron chi connectivity index (χ2n) is 5.78. The van der Waals surface area contributed by atoms with Crippen molar-refractivity contribution in [2.24, 2.45) is 0 Å². The molecular weight excluding hydrogens is 356 g/mol. The molecule has 10 heteroatoms. The number of rotatable bonds is 3. The third kappa shape index (κ3) is 2.86. The highest BCUT2D eigenvalue weighted by molar-refractivity contribution is 6.61. The van der Waals surface area contributed by atoms with Crippen molar-refractivity contribution in [2.45, 2.75) is 13.5 Å². The minimum Gasteiger partial charge on any atom is -0.423 e. The fraction of sp³-hybridized carbons (Fsp3) is 0.125. The number of hydrogen-bond acceptors (Lipinski definition) is 6. The van der Waals surface area contributed by atoms with Gasteiger partial charge in [0.25, 0.3) is 5.91 Å². The SMILES string of the molecule is Cc1c(C(=O)Nc2ccc3c(c2)B(O)OC3)nnn1-c1ncccc1Cl. The van der Waals surface area contributed by atoms with Crippen LogP contribution in [-0.4, -0.2) is 38.0 Å². The minimum atomic E-state index is -0.976. The summed E-state index contributed by atoms with van der Waals surface area (Å²) < 4.78 is 6.56. The summed E-state index contributed by atoms with van der Waals surface area (Å²) in [4.78, 5) is 16.7. The van der Waals surface area contributed by atoms with Gasteiger partial charge < -0.3 is 15.0 Å². The van der Waals surface area contributed by atoms with E-state index in [4.69, 9.17) is 16.3 Å². The fourth-order valence-electron chi connectivity index (χ4n) is 2.76. The van der Waals surface area contributed by atoms with Gasteiger partial charge in [-0.25, -0.2) is 4.98 Å². The summed E-state index contributed by atoms with van der Waals surface area (Å²) in [6.07, 6.45) is 1.58. The first-order valence-electron chi connectivity index (χ1n) is 7.81. The first kappa shape index (κ1) is 16.7. The Labute approximate surface area is 153 Å². The Balaban J connectivity index is 1.60. The molecule has 0 radical (unpaired) electrons. The zero-order valence-electron chi connectivity index (χ0n) is 13.7. The van der Waals surface area contributed by atoms with Crippen LogP contribution in [0.1, 0.15) is 21.7 Å². The van der Waals surface area contributed by atoms with Crippen molar-refractivity contribution in [3.63, 3.8) is 0 Å². The predicted octanol–water partition coefficient (Wildman–Crippen LogP) is 1.09. The van der Waals surface area contributed by atoms with E-state index in [1.807, 2.05) is 0 Å². The average molecular weight is 370 g/mol. The van der Waals surface area contributed by atoms with Crippen LogP contribution in [0.3, 0.4) is 0 Å². The zero-order valence-corrected chi connectivity index (χ0v) is 14.4. The molecular formula is C16H13BClN5O3. The van der Waals surface area contributed by atoms with Gasteiger partial charge in [-0.2, -0.15) is 4.68 Å². The Bertz CT molecular complexity index is 1010. The van der Waals surface area contributed by atoms with Crippen LogP contribution < -0.4 is 10.8 Å². The molecule has 0 saturated carbocycles. The molecule has 1 aromatic carbocycles. The van der Waals surface area contributed by atoms with Crippen molar-refractivity contribution in [3.05, 3.63) is 58.5 Å². The normalized spacial score (nSPS) is 13.0. The standard InChI is InChI=1S/C16H13BClN5O3/c1-9-14(21-22-23(9)15-13(18)3-2-6-19-15)16(24)20-11-5-4-10-8-26-17(25)12(10)7-11/h2-7,25H,8H2,1H3,(H,20,24). The molecule has 0 aliphatic carbocycles. The quantitative estimate of drug-likeness (QED) is 0.670. The molecule has 0 fully saturated rings. The van der Waals surface area contributed by atoms with Gasteiger partial charge in [0.1, 0.15) is 0 Å². The van der Waals surface area contributed by atoms with Gasteiger partial charge >= 0.3 is 7.12 Å². The first-order chi connectivity index (χ1) is 12.5. The van der Waals surface area contributed by atoms with E-state index in [1.54, 1.807) is 43.5 Å². The molecule has 0 spiro atoms. The third-order valence-corrected chi connectivity index (χ3v) is 4.41. The maximum Gasteiger partial charge on any atom is 0.491 e. The molecule has 3 aromatic rings. The average Bonchev–Trinajstić information content (AvgIpc) is 3.19. The maximum absolute atomic E-state index is 12.6. The minimum absolute atomic E-state index is 0.156. The van der Waals surface area contributed by atoms with E-state index in [2.05, 4.69) is 20.6 Å². The lowest BCUT2D eigenvalue weighted by atomic mass is 9.79. The molecule has 26 heavy (non-hydrogen) atoms. The number of nitrogens with zero attached hydrogens (tertiary/aromatic N) is 4. The number of carbonyl (C=O) groups is 1. The largest absolute Gasteiger partial charge is 0.491 e. The van der Waals surface area contributed by atoms with Gasteiger partial charge in [0.2, 0.25) is 0 Å². The monoisotopic (exact) mass is 369 g/mol. The highest BCUT2D eigenvalue weighted by atomic mass is 35.5. The van der Waals surface area contributed by atoms with Crippen LogP contribution >= 0.6 is 11.6 Å². The topological polar surface area (TPSA) is 102 Å². The van der Waals surface area contributed by atoms with E-state index >= 15 is 0 Å². The molecule has 1 aliphatic heterocycles. The van der Waals surface area contributed by atoms with Crippen LogP contribution in [0.25, 0.3) is 5.82 Å². The van der Waals surface area contributed by atoms with Crippen molar-refractivity contribution < 1.29 is 14.5 Å². The zero-order chi connectivity index (χ0) is 18.3. The summed E-state index contributed by atoms with van der Waals surface area (Å²) in [6.45, 7) is 2.06. The number of pyridine rings is 1. The first-order valence-corrected chi connectivity index (χ1v) is 8.19. The van der Waals surface area contributed by atoms with E-state index in [0.717, 1.165) is 5.56 Å². The molecule has 0 unspecified atom stereocenters. The lowest BCUT2D eigenvalue weighted by Crippen LogP contribution is -2.28. The molecule has 2 aromatic heterocycles. The smallest absolute Gasteiger partial charge is 0.423 e. The number of amides is 1. The molecule has 2 N–H and O–H groups in total. The van der Waals surface area contributed by atoms with E-state index in [9.17, 15) is 9.82 Å². The molecule has 1 amide bonds. The molecule has 1 aliphatic rings. The summed E-state index contributed by atoms with van der Waals surface area (Å²) in [5.41, 5.74) is 2.73. The molecule has 8 nitrogen and oxygen atoms in total. The van der Waals surface area contributed by atoms with E-state index < -0.39 is 13.0 Å². The fourth-order valence-corrected chi connectivity index (χ4v) is 2.96. The van der Waals surface area contributed by atoms with Gasteiger partial charge in [-0.15, -0.1) is 5.10 Å². The number of hydrogen-bond donors (Lipinski definition) is 2. The number of halogens is 1. The molecule has 4 rings (SSSR count). The predicted molar refractivity (Wildman–Crippen MR) is 95.7 cm³/mol. The van der Waals surface area contributed by atoms with Gasteiger partial charge in [-0.05, 0) is 42.2 Å². The van der Waals surface area contributed by atoms with Crippen molar-refractivity contribution in [1.29, 1.82) is 0 Å². The summed E-state index contributed by atoms with van der Waals surface area (Å²) >= 11 is 6.13. The Hall–Kier alpha value is -2.75. The van der Waals surface area contributed by atoms with Crippen molar-refractivity contribution in [3.8, 4) is 5.82 Å². The highest BCUT2D eigenvalue weighted by Gasteiger charge is 2.27. The van der Waals surface area contributed by atoms with Crippen LogP contribution in [0, 0.1) is 6.92 Å². The molecule has 0 saturated heterocycles. The van der Waals surface area contributed by atoms with Crippen LogP contribution in [0.5, 0.6) is 0 Å². The molecule has 130 valence electrons. The third-order valence-electron chi connectivity index (χ3n) is 4.12. The molecule has 0 atom stereocenters. The second kappa shape index (κ2) is 6.52. The maximum atomic E-state index is 12.6. The van der Waals surface area contributed by atoms with Crippen LogP contribution in [-0.2, 0) is 11.3 Å². The number of fused-ring (bicyclic) bond motifs is 1. The lowest BCUT2D eigenvalue weighted by Gasteiger charge is -2.07. The number of benzene rings is 1. The molecule has 3 heterocycles. The Morgan fingerprint density at radius 2 is 2.27 bits per heavy atom. The van der Waals surface area contributed by atoms with Crippen molar-refractivity contribution >= 4 is 35.8 Å². The van der Waals surface area contributed by atoms with Crippen LogP contribution in [0.4, 0.5) is 5.69 Å². The van der Waals surface area contributed by atoms with Crippen molar-refractivity contribution in [2.75, 3.05) is 5.32 Å². The summed E-state index contributed by atoms with van der Waals surface area (Å²) in [6, 6.07) is 8.62. The van der Waals surface area contributed by atoms with Gasteiger partial charge in [0, 0.05) is 11.9 Å². The highest BCUT2D eigenvalue weighted by Crippen LogP contribution is 2.20. The van der Waals surface area contributed by atoms with Crippen LogP contribution in [0.2, 0.25) is 5.02 Å². The Morgan fingerprint density at radius 3 is 3.08 bits per heavy atom. The van der Waals surface area contributed by atoms with Crippen molar-refractivity contribution in [1.82, 2.24) is 20.0 Å². The Kier molecular flexibility index (Phi) is 4.19. The summed E-state index contributed by atoms with van der Waals surface area (Å²) in [5.74, 6) is -0.0230. The Morgan fingerprint density at radius 1 is 1.42 bits per heavy atom. The number of carbonyl (C=O) groups excluding carboxylic acids is 1. The second-order valence-corrected chi connectivity index (χ2v) is 6.18. The van der Waals surface area contributed by atoms with Gasteiger partial charge in [0.15, 0.2) is 11.5 Å². The summed E-state index contributed by atoms with van der Waals surface area (Å²) in [7, 11) is -0.976. The van der Waals surface area contributed by atoms with E-state index in [-0.39, 0.29) is 5.69 Å². The van der Waals surface area contributed by atoms with Gasteiger partial charge in [-0.3, -0.25) is 4.79 Å².